The first-order valence-electron chi connectivity index (χ1n) is 6.36. The maximum atomic E-state index is 9.57. The van der Waals surface area contributed by atoms with E-state index in [1.165, 1.54) is 16.8 Å². The van der Waals surface area contributed by atoms with Gasteiger partial charge < -0.3 is 10.0 Å². The fourth-order valence-corrected chi connectivity index (χ4v) is 2.71. The van der Waals surface area contributed by atoms with E-state index in [4.69, 9.17) is 0 Å². The van der Waals surface area contributed by atoms with E-state index in [1.807, 2.05) is 18.2 Å². The molecule has 0 fully saturated rings. The number of rotatable bonds is 2. The van der Waals surface area contributed by atoms with Crippen molar-refractivity contribution in [3.8, 4) is 5.75 Å². The quantitative estimate of drug-likeness (QED) is 0.866. The highest BCUT2D eigenvalue weighted by Crippen LogP contribution is 2.38. The Morgan fingerprint density at radius 3 is 2.72 bits per heavy atom. The number of nitrogens with zero attached hydrogens (tertiary/aromatic N) is 1. The Morgan fingerprint density at radius 1 is 1.17 bits per heavy atom. The predicted molar refractivity (Wildman–Crippen MR) is 74.0 cm³/mol. The lowest BCUT2D eigenvalue weighted by Gasteiger charge is -2.19. The van der Waals surface area contributed by atoms with Gasteiger partial charge in [0, 0.05) is 24.7 Å². The van der Waals surface area contributed by atoms with Crippen molar-refractivity contribution >= 4 is 5.69 Å². The molecule has 2 aromatic rings. The molecule has 1 unspecified atom stereocenters. The average molecular weight is 239 g/mol. The highest BCUT2D eigenvalue weighted by Gasteiger charge is 2.25. The lowest BCUT2D eigenvalue weighted by atomic mass is 10.0. The maximum Gasteiger partial charge on any atom is 0.116 e. The summed E-state index contributed by atoms with van der Waals surface area (Å²) in [6.45, 7) is 4.17. The molecule has 0 saturated heterocycles. The molecule has 1 atom stereocenters. The van der Waals surface area contributed by atoms with Crippen molar-refractivity contribution in [3.63, 3.8) is 0 Å². The van der Waals surface area contributed by atoms with Gasteiger partial charge in [-0.2, -0.15) is 0 Å². The van der Waals surface area contributed by atoms with Crippen molar-refractivity contribution in [2.75, 3.05) is 11.4 Å². The summed E-state index contributed by atoms with van der Waals surface area (Å²) in [5.74, 6) is 0.845. The Labute approximate surface area is 107 Å². The molecule has 0 aliphatic carbocycles. The monoisotopic (exact) mass is 239 g/mol. The molecule has 2 nitrogen and oxygen atoms in total. The zero-order valence-electron chi connectivity index (χ0n) is 10.5. The third-order valence-corrected chi connectivity index (χ3v) is 3.59. The molecule has 1 heterocycles. The molecule has 1 aliphatic heterocycles. The number of benzene rings is 2. The topological polar surface area (TPSA) is 23.5 Å². The average Bonchev–Trinajstić information content (AvgIpc) is 2.67. The van der Waals surface area contributed by atoms with Crippen LogP contribution in [-0.4, -0.2) is 11.7 Å². The number of aromatic hydroxyl groups is 1. The van der Waals surface area contributed by atoms with Gasteiger partial charge in [-0.25, -0.2) is 0 Å². The van der Waals surface area contributed by atoms with Crippen molar-refractivity contribution in [1.29, 1.82) is 0 Å². The second-order valence-electron chi connectivity index (χ2n) is 5.01. The summed E-state index contributed by atoms with van der Waals surface area (Å²) < 4.78 is 0. The van der Waals surface area contributed by atoms with Gasteiger partial charge >= 0.3 is 0 Å². The number of phenols is 1. The fourth-order valence-electron chi connectivity index (χ4n) is 2.71. The summed E-state index contributed by atoms with van der Waals surface area (Å²) in [6.07, 6.45) is 0. The summed E-state index contributed by atoms with van der Waals surface area (Å²) >= 11 is 0. The van der Waals surface area contributed by atoms with Crippen LogP contribution >= 0.6 is 0 Å². The van der Waals surface area contributed by atoms with Crippen LogP contribution < -0.4 is 4.90 Å². The largest absolute Gasteiger partial charge is 0.508 e. The molecule has 2 aromatic carbocycles. The summed E-state index contributed by atoms with van der Waals surface area (Å²) in [5.41, 5.74) is 3.83. The van der Waals surface area contributed by atoms with Gasteiger partial charge in [0.1, 0.15) is 5.75 Å². The Morgan fingerprint density at radius 2 is 1.94 bits per heavy atom. The van der Waals surface area contributed by atoms with E-state index in [1.54, 1.807) is 6.07 Å². The van der Waals surface area contributed by atoms with Crippen LogP contribution in [0.1, 0.15) is 24.0 Å². The van der Waals surface area contributed by atoms with Crippen molar-refractivity contribution in [3.05, 3.63) is 59.7 Å². The normalized spacial score (nSPS) is 17.8. The third-order valence-electron chi connectivity index (χ3n) is 3.59. The number of anilines is 1. The second-order valence-corrected chi connectivity index (χ2v) is 5.01. The lowest BCUT2D eigenvalue weighted by molar-refractivity contribution is 0.474. The van der Waals surface area contributed by atoms with E-state index in [-0.39, 0.29) is 0 Å². The molecule has 92 valence electrons. The molecule has 0 saturated carbocycles. The molecule has 0 spiro atoms. The van der Waals surface area contributed by atoms with Gasteiger partial charge in [-0.05, 0) is 29.3 Å². The highest BCUT2D eigenvalue weighted by atomic mass is 16.3. The predicted octanol–water partition coefficient (Wildman–Crippen LogP) is 3.52. The van der Waals surface area contributed by atoms with E-state index in [0.717, 1.165) is 13.1 Å². The zero-order chi connectivity index (χ0) is 12.5. The van der Waals surface area contributed by atoms with E-state index in [9.17, 15) is 5.11 Å². The Bertz CT molecular complexity index is 550. The smallest absolute Gasteiger partial charge is 0.116 e. The molecular formula is C16H17NO. The molecule has 0 bridgehead atoms. The van der Waals surface area contributed by atoms with Gasteiger partial charge in [-0.15, -0.1) is 0 Å². The first-order chi connectivity index (χ1) is 8.74. The summed E-state index contributed by atoms with van der Waals surface area (Å²) in [7, 11) is 0. The van der Waals surface area contributed by atoms with Crippen LogP contribution in [0.25, 0.3) is 0 Å². The van der Waals surface area contributed by atoms with E-state index in [0.29, 0.717) is 11.7 Å². The van der Waals surface area contributed by atoms with Crippen molar-refractivity contribution < 1.29 is 5.11 Å². The first-order valence-corrected chi connectivity index (χ1v) is 6.36. The first kappa shape index (κ1) is 11.1. The van der Waals surface area contributed by atoms with E-state index >= 15 is 0 Å². The van der Waals surface area contributed by atoms with Crippen LogP contribution in [0.2, 0.25) is 0 Å². The van der Waals surface area contributed by atoms with Gasteiger partial charge in [0.25, 0.3) is 0 Å². The van der Waals surface area contributed by atoms with Gasteiger partial charge in [0.2, 0.25) is 0 Å². The van der Waals surface area contributed by atoms with Crippen molar-refractivity contribution in [2.24, 2.45) is 0 Å². The summed E-state index contributed by atoms with van der Waals surface area (Å²) in [5, 5.41) is 9.57. The Kier molecular flexibility index (Phi) is 2.71. The van der Waals surface area contributed by atoms with Gasteiger partial charge in [-0.1, -0.05) is 37.3 Å². The number of fused-ring (bicyclic) bond motifs is 1. The van der Waals surface area contributed by atoms with Gasteiger partial charge in [0.05, 0.1) is 0 Å². The SMILES string of the molecule is CC1CN(Cc2ccccc2)c2ccc(O)cc21. The van der Waals surface area contributed by atoms with Crippen LogP contribution in [0.15, 0.2) is 48.5 Å². The molecule has 0 amide bonds. The molecular weight excluding hydrogens is 222 g/mol. The molecule has 3 rings (SSSR count). The van der Waals surface area contributed by atoms with Crippen molar-refractivity contribution in [1.82, 2.24) is 0 Å². The van der Waals surface area contributed by atoms with E-state index < -0.39 is 0 Å². The van der Waals surface area contributed by atoms with Gasteiger partial charge in [0.15, 0.2) is 0 Å². The van der Waals surface area contributed by atoms with Crippen LogP contribution in [0.3, 0.4) is 0 Å². The molecule has 1 N–H and O–H groups in total. The number of hydrogen-bond acceptors (Lipinski definition) is 2. The molecule has 1 aliphatic rings. The Hall–Kier alpha value is -1.96. The minimum Gasteiger partial charge on any atom is -0.508 e. The molecule has 2 heteroatoms. The standard InChI is InChI=1S/C16H17NO/c1-12-10-17(11-13-5-3-2-4-6-13)16-8-7-14(18)9-15(12)16/h2-9,12,18H,10-11H2,1H3. The van der Waals surface area contributed by atoms with Crippen LogP contribution in [0.5, 0.6) is 5.75 Å². The van der Waals surface area contributed by atoms with Crippen LogP contribution in [-0.2, 0) is 6.54 Å². The summed E-state index contributed by atoms with van der Waals surface area (Å²) in [6, 6.07) is 16.2. The van der Waals surface area contributed by atoms with Crippen LogP contribution in [0, 0.1) is 0 Å². The second kappa shape index (κ2) is 4.37. The van der Waals surface area contributed by atoms with Crippen molar-refractivity contribution in [2.45, 2.75) is 19.4 Å². The number of phenolic OH excluding ortho intramolecular Hbond substituents is 1. The third kappa shape index (κ3) is 1.94. The maximum absolute atomic E-state index is 9.57. The van der Waals surface area contributed by atoms with Crippen LogP contribution in [0.4, 0.5) is 5.69 Å². The fraction of sp³-hybridized carbons (Fsp3) is 0.250. The highest BCUT2D eigenvalue weighted by molar-refractivity contribution is 5.62. The minimum atomic E-state index is 0.363. The minimum absolute atomic E-state index is 0.363. The zero-order valence-corrected chi connectivity index (χ0v) is 10.5. The van der Waals surface area contributed by atoms with E-state index in [2.05, 4.69) is 36.1 Å². The number of hydrogen-bond donors (Lipinski definition) is 1. The van der Waals surface area contributed by atoms with Gasteiger partial charge in [-0.3, -0.25) is 0 Å². The summed E-state index contributed by atoms with van der Waals surface area (Å²) in [4.78, 5) is 2.38. The molecule has 18 heavy (non-hydrogen) atoms. The lowest BCUT2D eigenvalue weighted by Crippen LogP contribution is -2.20. The Balaban J connectivity index is 1.89. The molecule has 0 radical (unpaired) electrons. The molecule has 0 aromatic heterocycles.